The van der Waals surface area contributed by atoms with Gasteiger partial charge in [-0.1, -0.05) is 47.5 Å². The second-order valence-corrected chi connectivity index (χ2v) is 5.44. The normalized spacial score (nSPS) is 17.8. The number of halogens is 2. The summed E-state index contributed by atoms with van der Waals surface area (Å²) in [6.07, 6.45) is 2.15. The zero-order chi connectivity index (χ0) is 12.7. The van der Waals surface area contributed by atoms with Gasteiger partial charge >= 0.3 is 0 Å². The molecule has 18 heavy (non-hydrogen) atoms. The minimum absolute atomic E-state index is 0.0339. The maximum atomic E-state index is 9.60. The smallest absolute Gasteiger partial charge is 0.152 e. The van der Waals surface area contributed by atoms with Crippen LogP contribution in [0.4, 0.5) is 0 Å². The highest BCUT2D eigenvalue weighted by atomic mass is 35.5. The molecule has 0 radical (unpaired) electrons. The Morgan fingerprint density at radius 2 is 1.72 bits per heavy atom. The fraction of sp³-hybridized carbons (Fsp3) is 0.200. The van der Waals surface area contributed by atoms with E-state index in [1.165, 1.54) is 11.1 Å². The van der Waals surface area contributed by atoms with Crippen LogP contribution in [-0.4, -0.2) is 5.11 Å². The predicted octanol–water partition coefficient (Wildman–Crippen LogP) is 4.78. The highest BCUT2D eigenvalue weighted by molar-refractivity contribution is 6.37. The third-order valence-electron chi connectivity index (χ3n) is 3.57. The lowest BCUT2D eigenvalue weighted by Crippen LogP contribution is -1.96. The van der Waals surface area contributed by atoms with Gasteiger partial charge in [-0.2, -0.15) is 0 Å². The highest BCUT2D eigenvalue weighted by Gasteiger charge is 2.24. The molecular formula is C15H12Cl2O. The first-order valence-corrected chi connectivity index (χ1v) is 6.68. The molecule has 1 nitrogen and oxygen atoms in total. The molecule has 0 fully saturated rings. The summed E-state index contributed by atoms with van der Waals surface area (Å²) >= 11 is 12.0. The van der Waals surface area contributed by atoms with E-state index in [-0.39, 0.29) is 5.75 Å². The van der Waals surface area contributed by atoms with Crippen molar-refractivity contribution in [2.75, 3.05) is 0 Å². The molecule has 3 heteroatoms. The van der Waals surface area contributed by atoms with Crippen LogP contribution < -0.4 is 0 Å². The van der Waals surface area contributed by atoms with E-state index >= 15 is 0 Å². The van der Waals surface area contributed by atoms with Crippen LogP contribution in [0.2, 0.25) is 10.0 Å². The SMILES string of the molecule is Oc1c(Cl)cc(C2CCc3ccccc32)cc1Cl. The summed E-state index contributed by atoms with van der Waals surface area (Å²) in [5, 5.41) is 10.2. The van der Waals surface area contributed by atoms with Crippen LogP contribution in [0.5, 0.6) is 5.75 Å². The van der Waals surface area contributed by atoms with Crippen LogP contribution in [0.1, 0.15) is 29.0 Å². The molecule has 0 saturated carbocycles. The van der Waals surface area contributed by atoms with Crippen LogP contribution in [0.3, 0.4) is 0 Å². The van der Waals surface area contributed by atoms with Gasteiger partial charge in [-0.3, -0.25) is 0 Å². The van der Waals surface area contributed by atoms with E-state index < -0.39 is 0 Å². The van der Waals surface area contributed by atoms with Gasteiger partial charge in [-0.15, -0.1) is 0 Å². The summed E-state index contributed by atoms with van der Waals surface area (Å²) in [6, 6.07) is 12.1. The Kier molecular flexibility index (Phi) is 2.96. The molecule has 1 aliphatic rings. The Labute approximate surface area is 116 Å². The lowest BCUT2D eigenvalue weighted by molar-refractivity contribution is 0.475. The van der Waals surface area contributed by atoms with E-state index in [0.717, 1.165) is 18.4 Å². The van der Waals surface area contributed by atoms with E-state index in [1.54, 1.807) is 0 Å². The summed E-state index contributed by atoms with van der Waals surface area (Å²) < 4.78 is 0. The number of rotatable bonds is 1. The molecule has 0 aromatic heterocycles. The number of hydrogen-bond donors (Lipinski definition) is 1. The summed E-state index contributed by atoms with van der Waals surface area (Å²) in [5.74, 6) is 0.296. The number of phenols is 1. The Hall–Kier alpha value is -1.18. The number of aryl methyl sites for hydroxylation is 1. The quantitative estimate of drug-likeness (QED) is 0.796. The monoisotopic (exact) mass is 278 g/mol. The van der Waals surface area contributed by atoms with E-state index in [0.29, 0.717) is 16.0 Å². The van der Waals surface area contributed by atoms with Crippen LogP contribution in [-0.2, 0) is 6.42 Å². The van der Waals surface area contributed by atoms with Gasteiger partial charge in [0.15, 0.2) is 5.75 Å². The van der Waals surface area contributed by atoms with Crippen molar-refractivity contribution in [1.29, 1.82) is 0 Å². The van der Waals surface area contributed by atoms with Gasteiger partial charge < -0.3 is 5.11 Å². The van der Waals surface area contributed by atoms with Crippen LogP contribution in [0, 0.1) is 0 Å². The molecule has 2 aromatic rings. The molecular weight excluding hydrogens is 267 g/mol. The third-order valence-corrected chi connectivity index (χ3v) is 4.15. The molecule has 0 amide bonds. The largest absolute Gasteiger partial charge is 0.505 e. The topological polar surface area (TPSA) is 20.2 Å². The van der Waals surface area contributed by atoms with Gasteiger partial charge in [0.1, 0.15) is 0 Å². The van der Waals surface area contributed by atoms with Crippen molar-refractivity contribution in [3.8, 4) is 5.75 Å². The summed E-state index contributed by atoms with van der Waals surface area (Å²) in [5.41, 5.74) is 3.81. The predicted molar refractivity (Wildman–Crippen MR) is 74.7 cm³/mol. The van der Waals surface area contributed by atoms with Crippen LogP contribution in [0.25, 0.3) is 0 Å². The Morgan fingerprint density at radius 1 is 1.06 bits per heavy atom. The number of fused-ring (bicyclic) bond motifs is 1. The molecule has 0 bridgehead atoms. The van der Waals surface area contributed by atoms with Crippen molar-refractivity contribution in [3.05, 3.63) is 63.1 Å². The summed E-state index contributed by atoms with van der Waals surface area (Å²) in [6.45, 7) is 0. The van der Waals surface area contributed by atoms with E-state index in [9.17, 15) is 5.11 Å². The van der Waals surface area contributed by atoms with Crippen LogP contribution in [0.15, 0.2) is 36.4 Å². The van der Waals surface area contributed by atoms with E-state index in [4.69, 9.17) is 23.2 Å². The molecule has 1 unspecified atom stereocenters. The molecule has 1 atom stereocenters. The van der Waals surface area contributed by atoms with Gasteiger partial charge in [0.05, 0.1) is 10.0 Å². The molecule has 1 aliphatic carbocycles. The number of aromatic hydroxyl groups is 1. The van der Waals surface area contributed by atoms with Crippen molar-refractivity contribution in [3.63, 3.8) is 0 Å². The fourth-order valence-electron chi connectivity index (χ4n) is 2.69. The molecule has 2 aromatic carbocycles. The Balaban J connectivity index is 2.08. The second kappa shape index (κ2) is 4.49. The highest BCUT2D eigenvalue weighted by Crippen LogP contribution is 2.42. The number of phenolic OH excluding ortho intramolecular Hbond substituents is 1. The molecule has 0 spiro atoms. The molecule has 0 heterocycles. The van der Waals surface area contributed by atoms with Crippen molar-refractivity contribution in [1.82, 2.24) is 0 Å². The van der Waals surface area contributed by atoms with Crippen molar-refractivity contribution < 1.29 is 5.11 Å². The lowest BCUT2D eigenvalue weighted by atomic mass is 9.93. The van der Waals surface area contributed by atoms with Crippen molar-refractivity contribution in [2.24, 2.45) is 0 Å². The fourth-order valence-corrected chi connectivity index (χ4v) is 3.19. The second-order valence-electron chi connectivity index (χ2n) is 4.62. The Morgan fingerprint density at radius 3 is 2.44 bits per heavy atom. The van der Waals surface area contributed by atoms with E-state index in [2.05, 4.69) is 24.3 Å². The zero-order valence-electron chi connectivity index (χ0n) is 9.66. The molecule has 1 N–H and O–H groups in total. The third kappa shape index (κ3) is 1.88. The minimum atomic E-state index is -0.0339. The lowest BCUT2D eigenvalue weighted by Gasteiger charge is -2.13. The van der Waals surface area contributed by atoms with Gasteiger partial charge in [-0.05, 0) is 41.7 Å². The first-order chi connectivity index (χ1) is 8.66. The maximum Gasteiger partial charge on any atom is 0.152 e. The average molecular weight is 279 g/mol. The first kappa shape index (κ1) is 11.9. The van der Waals surface area contributed by atoms with Crippen molar-refractivity contribution in [2.45, 2.75) is 18.8 Å². The summed E-state index contributed by atoms with van der Waals surface area (Å²) in [7, 11) is 0. The molecule has 92 valence electrons. The zero-order valence-corrected chi connectivity index (χ0v) is 11.2. The van der Waals surface area contributed by atoms with Crippen LogP contribution >= 0.6 is 23.2 Å². The van der Waals surface area contributed by atoms with Gasteiger partial charge in [-0.25, -0.2) is 0 Å². The Bertz CT molecular complexity index is 584. The van der Waals surface area contributed by atoms with Gasteiger partial charge in [0, 0.05) is 5.92 Å². The number of hydrogen-bond acceptors (Lipinski definition) is 1. The number of benzene rings is 2. The first-order valence-electron chi connectivity index (χ1n) is 5.92. The van der Waals surface area contributed by atoms with E-state index in [1.807, 2.05) is 12.1 Å². The maximum absolute atomic E-state index is 9.60. The molecule has 3 rings (SSSR count). The summed E-state index contributed by atoms with van der Waals surface area (Å²) in [4.78, 5) is 0. The average Bonchev–Trinajstić information content (AvgIpc) is 2.79. The van der Waals surface area contributed by atoms with Gasteiger partial charge in [0.2, 0.25) is 0 Å². The molecule has 0 saturated heterocycles. The standard InChI is InChI=1S/C15H12Cl2O/c16-13-7-10(8-14(17)15(13)18)12-6-5-9-3-1-2-4-11(9)12/h1-4,7-8,12,18H,5-6H2. The molecule has 0 aliphatic heterocycles. The van der Waals surface area contributed by atoms with Crippen molar-refractivity contribution >= 4 is 23.2 Å². The minimum Gasteiger partial charge on any atom is -0.505 e. The van der Waals surface area contributed by atoms with Gasteiger partial charge in [0.25, 0.3) is 0 Å².